The Kier molecular flexibility index (Phi) is 5.28. The van der Waals surface area contributed by atoms with Crippen molar-refractivity contribution in [3.05, 3.63) is 0 Å². The first-order valence-electron chi connectivity index (χ1n) is 8.33. The van der Waals surface area contributed by atoms with Crippen LogP contribution in [0.5, 0.6) is 0 Å². The lowest BCUT2D eigenvalue weighted by Gasteiger charge is -2.12. The lowest BCUT2D eigenvalue weighted by Crippen LogP contribution is -2.07. The molecule has 0 amide bonds. The Morgan fingerprint density at radius 2 is 1.53 bits per heavy atom. The molecule has 1 unspecified atom stereocenters. The quantitative estimate of drug-likeness (QED) is 0.523. The van der Waals surface area contributed by atoms with E-state index >= 15 is 0 Å². The number of aliphatic hydroxyl groups excluding tert-OH is 1. The van der Waals surface area contributed by atoms with Crippen LogP contribution in [0.25, 0.3) is 0 Å². The second-order valence-electron chi connectivity index (χ2n) is 7.56. The van der Waals surface area contributed by atoms with Gasteiger partial charge in [-0.15, -0.1) is 0 Å². The van der Waals surface area contributed by atoms with Gasteiger partial charge in [-0.1, -0.05) is 32.6 Å². The van der Waals surface area contributed by atoms with Gasteiger partial charge in [0.25, 0.3) is 0 Å². The number of unbranched alkanes of at least 4 members (excludes halogenated alkanes) is 2. The van der Waals surface area contributed by atoms with Gasteiger partial charge in [0.05, 0.1) is 0 Å². The molecule has 0 aliphatic heterocycles. The van der Waals surface area contributed by atoms with Crippen LogP contribution in [0.3, 0.4) is 0 Å². The first-order valence-corrected chi connectivity index (χ1v) is 8.33. The molecule has 1 N–H and O–H groups in total. The molecule has 0 spiro atoms. The van der Waals surface area contributed by atoms with Gasteiger partial charge in [0.1, 0.15) is 6.17 Å². The van der Waals surface area contributed by atoms with Gasteiger partial charge >= 0.3 is 0 Å². The molecule has 0 saturated heterocycles. The highest BCUT2D eigenvalue weighted by atomic mass is 19.1. The summed E-state index contributed by atoms with van der Waals surface area (Å²) in [6, 6.07) is 0. The highest BCUT2D eigenvalue weighted by molar-refractivity contribution is 4.92. The van der Waals surface area contributed by atoms with Crippen LogP contribution in [-0.2, 0) is 0 Å². The number of hydrogen-bond donors (Lipinski definition) is 1. The van der Waals surface area contributed by atoms with E-state index in [0.717, 1.165) is 38.5 Å². The van der Waals surface area contributed by atoms with Crippen LogP contribution in [-0.4, -0.2) is 17.9 Å². The van der Waals surface area contributed by atoms with Crippen molar-refractivity contribution in [2.75, 3.05) is 6.61 Å². The van der Waals surface area contributed by atoms with Gasteiger partial charge in [-0.2, -0.15) is 0 Å². The molecular formula is C17H31FO. The maximum atomic E-state index is 13.7. The van der Waals surface area contributed by atoms with Crippen molar-refractivity contribution in [2.45, 2.75) is 90.1 Å². The van der Waals surface area contributed by atoms with E-state index in [1.54, 1.807) is 0 Å². The predicted octanol–water partition coefficient (Wildman–Crippen LogP) is 5.02. The van der Waals surface area contributed by atoms with Crippen molar-refractivity contribution in [1.82, 2.24) is 0 Å². The van der Waals surface area contributed by atoms with Crippen LogP contribution < -0.4 is 0 Å². The molecule has 1 nitrogen and oxygen atoms in total. The monoisotopic (exact) mass is 270 g/mol. The first kappa shape index (κ1) is 15.3. The fraction of sp³-hybridized carbons (Fsp3) is 1.00. The molecule has 2 saturated carbocycles. The minimum absolute atomic E-state index is 0.255. The smallest absolute Gasteiger partial charge is 0.100 e. The number of alkyl halides is 1. The molecule has 0 heterocycles. The fourth-order valence-corrected chi connectivity index (χ4v) is 3.06. The molecule has 0 aromatic carbocycles. The zero-order chi connectivity index (χ0) is 13.8. The molecule has 0 radical (unpaired) electrons. The zero-order valence-electron chi connectivity index (χ0n) is 12.6. The molecule has 2 rings (SSSR count). The third kappa shape index (κ3) is 5.41. The van der Waals surface area contributed by atoms with Crippen LogP contribution >= 0.6 is 0 Å². The van der Waals surface area contributed by atoms with Gasteiger partial charge in [0.2, 0.25) is 0 Å². The van der Waals surface area contributed by atoms with Crippen molar-refractivity contribution < 1.29 is 9.50 Å². The van der Waals surface area contributed by atoms with Crippen LogP contribution in [0.1, 0.15) is 84.0 Å². The fourth-order valence-electron chi connectivity index (χ4n) is 3.06. The van der Waals surface area contributed by atoms with Crippen LogP contribution in [0, 0.1) is 10.8 Å². The predicted molar refractivity (Wildman–Crippen MR) is 77.9 cm³/mol. The summed E-state index contributed by atoms with van der Waals surface area (Å²) in [5.74, 6) is 0. The molecule has 2 aliphatic rings. The summed E-state index contributed by atoms with van der Waals surface area (Å²) in [5.41, 5.74) is 0.889. The molecule has 2 aliphatic carbocycles. The SMILES string of the molecule is CC1(CCCCC(F)CCCCC2(CO)CC2)CC1. The summed E-state index contributed by atoms with van der Waals surface area (Å²) in [6.45, 7) is 2.69. The van der Waals surface area contributed by atoms with Crippen LogP contribution in [0.15, 0.2) is 0 Å². The number of rotatable bonds is 11. The average molecular weight is 270 g/mol. The molecule has 0 aromatic rings. The molecular weight excluding hydrogens is 239 g/mol. The minimum atomic E-state index is -0.587. The van der Waals surface area contributed by atoms with E-state index in [-0.39, 0.29) is 5.41 Å². The summed E-state index contributed by atoms with van der Waals surface area (Å²) in [5, 5.41) is 9.21. The summed E-state index contributed by atoms with van der Waals surface area (Å²) >= 11 is 0. The second-order valence-corrected chi connectivity index (χ2v) is 7.56. The Morgan fingerprint density at radius 1 is 0.947 bits per heavy atom. The average Bonchev–Trinajstić information content (AvgIpc) is 3.30. The van der Waals surface area contributed by atoms with Crippen LogP contribution in [0.4, 0.5) is 4.39 Å². The Morgan fingerprint density at radius 3 is 2.00 bits per heavy atom. The van der Waals surface area contributed by atoms with E-state index in [1.807, 2.05) is 0 Å². The molecule has 0 aromatic heterocycles. The van der Waals surface area contributed by atoms with Gasteiger partial charge in [-0.3, -0.25) is 0 Å². The number of aliphatic hydroxyl groups is 1. The maximum Gasteiger partial charge on any atom is 0.100 e. The van der Waals surface area contributed by atoms with Gasteiger partial charge in [0.15, 0.2) is 0 Å². The van der Waals surface area contributed by atoms with Crippen molar-refractivity contribution in [1.29, 1.82) is 0 Å². The van der Waals surface area contributed by atoms with E-state index in [0.29, 0.717) is 12.0 Å². The summed E-state index contributed by atoms with van der Waals surface area (Å²) < 4.78 is 13.7. The Bertz CT molecular complexity index is 268. The van der Waals surface area contributed by atoms with Crippen molar-refractivity contribution >= 4 is 0 Å². The molecule has 112 valence electrons. The molecule has 19 heavy (non-hydrogen) atoms. The third-order valence-corrected chi connectivity index (χ3v) is 5.42. The second kappa shape index (κ2) is 6.56. The minimum Gasteiger partial charge on any atom is -0.396 e. The molecule has 2 heteroatoms. The molecule has 0 bridgehead atoms. The summed E-state index contributed by atoms with van der Waals surface area (Å²) in [6.07, 6.45) is 12.8. The third-order valence-electron chi connectivity index (χ3n) is 5.42. The van der Waals surface area contributed by atoms with E-state index in [2.05, 4.69) is 6.92 Å². The van der Waals surface area contributed by atoms with Crippen molar-refractivity contribution in [3.63, 3.8) is 0 Å². The zero-order valence-corrected chi connectivity index (χ0v) is 12.6. The molecule has 2 fully saturated rings. The Hall–Kier alpha value is -0.110. The van der Waals surface area contributed by atoms with Gasteiger partial charge in [0, 0.05) is 6.61 Å². The summed E-state index contributed by atoms with van der Waals surface area (Å²) in [7, 11) is 0. The topological polar surface area (TPSA) is 20.2 Å². The number of hydrogen-bond acceptors (Lipinski definition) is 1. The first-order chi connectivity index (χ1) is 9.08. The summed E-state index contributed by atoms with van der Waals surface area (Å²) in [4.78, 5) is 0. The standard InChI is InChI=1S/C17H31FO/c1-16(10-11-16)8-4-2-6-15(18)7-3-5-9-17(14-19)12-13-17/h15,19H,2-14H2,1H3. The van der Waals surface area contributed by atoms with Crippen LogP contribution in [0.2, 0.25) is 0 Å². The van der Waals surface area contributed by atoms with Gasteiger partial charge in [-0.25, -0.2) is 4.39 Å². The highest BCUT2D eigenvalue weighted by Gasteiger charge is 2.40. The maximum absolute atomic E-state index is 13.7. The highest BCUT2D eigenvalue weighted by Crippen LogP contribution is 2.50. The van der Waals surface area contributed by atoms with Crippen molar-refractivity contribution in [2.24, 2.45) is 10.8 Å². The van der Waals surface area contributed by atoms with Gasteiger partial charge in [-0.05, 0) is 62.2 Å². The number of halogens is 1. The Labute approximate surface area is 118 Å². The lowest BCUT2D eigenvalue weighted by atomic mass is 9.97. The van der Waals surface area contributed by atoms with Crippen molar-refractivity contribution in [3.8, 4) is 0 Å². The lowest BCUT2D eigenvalue weighted by molar-refractivity contribution is 0.197. The normalized spacial score (nSPS) is 24.2. The Balaban J connectivity index is 1.40. The molecule has 1 atom stereocenters. The largest absolute Gasteiger partial charge is 0.396 e. The van der Waals surface area contributed by atoms with Gasteiger partial charge < -0.3 is 5.11 Å². The van der Waals surface area contributed by atoms with E-state index in [1.165, 1.54) is 38.5 Å². The van der Waals surface area contributed by atoms with E-state index < -0.39 is 6.17 Å². The van der Waals surface area contributed by atoms with E-state index in [9.17, 15) is 9.50 Å². The van der Waals surface area contributed by atoms with E-state index in [4.69, 9.17) is 0 Å².